The van der Waals surface area contributed by atoms with E-state index in [1.165, 1.54) is 0 Å². The van der Waals surface area contributed by atoms with Crippen LogP contribution >= 0.6 is 0 Å². The summed E-state index contributed by atoms with van der Waals surface area (Å²) in [5, 5.41) is 0. The van der Waals surface area contributed by atoms with Gasteiger partial charge in [-0.1, -0.05) is 0 Å². The molecule has 0 N–H and O–H groups in total. The Morgan fingerprint density at radius 3 is 1.25 bits per heavy atom. The summed E-state index contributed by atoms with van der Waals surface area (Å²) in [6.07, 6.45) is 0. The van der Waals surface area contributed by atoms with Crippen LogP contribution in [0.25, 0.3) is 0 Å². The molecule has 18 valence electrons. The topological polar surface area (TPSA) is 17.1 Å². The Morgan fingerprint density at radius 2 is 1.25 bits per heavy atom. The van der Waals surface area contributed by atoms with Crippen LogP contribution in [-0.4, -0.2) is 48.9 Å². The van der Waals surface area contributed by atoms with Gasteiger partial charge in [0.2, 0.25) is 0 Å². The average molecular weight is 387 g/mol. The van der Waals surface area contributed by atoms with Crippen LogP contribution in [0.4, 0.5) is 0 Å². The number of rotatable bonds is 0. The summed E-state index contributed by atoms with van der Waals surface area (Å²) in [4.78, 5) is 0. The van der Waals surface area contributed by atoms with Gasteiger partial charge in [-0.2, -0.15) is 0 Å². The summed E-state index contributed by atoms with van der Waals surface area (Å²) in [5.74, 6) is 0. The largest absolute Gasteiger partial charge is 0 e. The first-order chi connectivity index (χ1) is 1.00. The normalized spacial score (nSPS) is 0.750. The second-order valence-electron chi connectivity index (χ2n) is 0. The summed E-state index contributed by atoms with van der Waals surface area (Å²) in [7, 11) is 0. The van der Waals surface area contributed by atoms with E-state index in [0.29, 0.717) is 0 Å². The van der Waals surface area contributed by atoms with Crippen molar-refractivity contribution in [2.24, 2.45) is 0 Å². The van der Waals surface area contributed by atoms with Crippen molar-refractivity contribution in [3.05, 3.63) is 0 Å². The molecule has 1 nitrogen and oxygen atoms in total. The Bertz CT molecular complexity index is 8.00. The molecule has 0 aromatic rings. The van der Waals surface area contributed by atoms with Gasteiger partial charge in [-0.25, -0.2) is 0 Å². The van der Waals surface area contributed by atoms with Gasteiger partial charge in [0, 0.05) is 26.2 Å². The zero-order valence-corrected chi connectivity index (χ0v) is 7.01. The quantitative estimate of drug-likeness (QED) is 0.486. The molecule has 0 unspecified atom stereocenters. The van der Waals surface area contributed by atoms with Gasteiger partial charge in [0.15, 0.2) is 0 Å². The molecule has 0 fully saturated rings. The molecule has 0 aromatic carbocycles. The van der Waals surface area contributed by atoms with Gasteiger partial charge in [0.05, 0.1) is 0 Å². The fraction of sp³-hybridized carbons (Fsp3) is 0. The van der Waals surface area contributed by atoms with Crippen molar-refractivity contribution in [2.45, 2.75) is 0 Å². The number of hydrogen-bond donors (Lipinski definition) is 0. The van der Waals surface area contributed by atoms with Gasteiger partial charge in [0.25, 0.3) is 0 Å². The van der Waals surface area contributed by atoms with Gasteiger partial charge in [-0.15, -0.1) is 0 Å². The van der Waals surface area contributed by atoms with Gasteiger partial charge in [0.1, 0.15) is 0 Å². The van der Waals surface area contributed by atoms with Crippen LogP contribution in [0.5, 0.6) is 0 Å². The molecule has 0 bridgehead atoms. The van der Waals surface area contributed by atoms with Crippen molar-refractivity contribution in [3.8, 4) is 0 Å². The SMILES string of the molecule is [BaH2].[O]=[Ce].[Zr]. The van der Waals surface area contributed by atoms with Crippen molar-refractivity contribution in [1.29, 1.82) is 0 Å². The van der Waals surface area contributed by atoms with Crippen LogP contribution in [0.3, 0.4) is 0 Å². The van der Waals surface area contributed by atoms with Crippen LogP contribution < -0.4 is 0 Å². The Labute approximate surface area is 112 Å². The van der Waals surface area contributed by atoms with E-state index in [9.17, 15) is 0 Å². The van der Waals surface area contributed by atoms with Crippen LogP contribution in [0, 0.1) is 39.8 Å². The fourth-order valence-corrected chi connectivity index (χ4v) is 0. The molecule has 0 heterocycles. The number of hydrogen-bond acceptors (Lipinski definition) is 1. The minimum Gasteiger partial charge on any atom is 0 e. The molecule has 0 aromatic heterocycles. The van der Waals surface area contributed by atoms with Crippen LogP contribution in [0.2, 0.25) is 0 Å². The van der Waals surface area contributed by atoms with Crippen molar-refractivity contribution in [1.82, 2.24) is 0 Å². The van der Waals surface area contributed by atoms with Crippen LogP contribution in [0.1, 0.15) is 0 Å². The van der Waals surface area contributed by atoms with E-state index in [1.54, 1.807) is 0 Å². The fourth-order valence-electron chi connectivity index (χ4n) is 0. The summed E-state index contributed by atoms with van der Waals surface area (Å²) < 4.78 is 8.39. The van der Waals surface area contributed by atoms with E-state index in [-0.39, 0.29) is 115 Å². The van der Waals surface area contributed by atoms with E-state index in [4.69, 9.17) is 0.938 Å². The first-order valence-corrected chi connectivity index (χ1v) is 1.49. The molecule has 4 heteroatoms. The van der Waals surface area contributed by atoms with E-state index in [2.05, 4.69) is 0 Å². The maximum Gasteiger partial charge on any atom is 0 e. The van der Waals surface area contributed by atoms with Gasteiger partial charge in [-0.3, -0.25) is 0 Å². The maximum absolute atomic E-state index is 8.39. The third-order valence-corrected chi connectivity index (χ3v) is 0. The van der Waals surface area contributed by atoms with Gasteiger partial charge >= 0.3 is 89.6 Å². The van der Waals surface area contributed by atoms with Gasteiger partial charge in [-0.05, 0) is 0 Å². The molecule has 0 atom stereocenters. The zero-order chi connectivity index (χ0) is 2.00. The molecule has 4 heavy (non-hydrogen) atoms. The molecule has 0 saturated heterocycles. The van der Waals surface area contributed by atoms with Crippen molar-refractivity contribution in [2.75, 3.05) is 0 Å². The summed E-state index contributed by atoms with van der Waals surface area (Å²) >= 11 is 0.0556. The standard InChI is InChI=1S/Ba.Ce.O.Zr.2H. The Kier molecular flexibility index (Phi) is 62.4. The Morgan fingerprint density at radius 1 is 1.25 bits per heavy atom. The molecule has 0 spiro atoms. The van der Waals surface area contributed by atoms with E-state index < -0.39 is 0 Å². The Balaban J connectivity index is -0.00000000500. The molecule has 0 aliphatic carbocycles. The molecular formula is H2BaCeOZr. The molecule has 0 aliphatic heterocycles. The van der Waals surface area contributed by atoms with E-state index in [1.807, 2.05) is 0 Å². The predicted molar refractivity (Wildman–Crippen MR) is 9.23 cm³/mol. The molecular weight excluding hydrogens is 385 g/mol. The molecule has 0 aliphatic rings. The molecule has 0 amide bonds. The monoisotopic (exact) mass is 386 g/mol. The van der Waals surface area contributed by atoms with E-state index in [0.717, 1.165) is 0 Å². The minimum absolute atomic E-state index is 0. The van der Waals surface area contributed by atoms with Crippen molar-refractivity contribution >= 4 is 48.9 Å². The third kappa shape index (κ3) is 9.16. The Hall–Kier alpha value is 3.63. The molecule has 0 saturated carbocycles. The summed E-state index contributed by atoms with van der Waals surface area (Å²) in [6, 6.07) is 0. The van der Waals surface area contributed by atoms with Crippen molar-refractivity contribution in [3.63, 3.8) is 0 Å². The average Bonchev–Trinajstić information content (AvgIpc) is 1.00. The molecule has 0 rings (SSSR count). The van der Waals surface area contributed by atoms with E-state index >= 15 is 0 Å². The maximum atomic E-state index is 8.39. The first kappa shape index (κ1) is 15.6. The smallest absolute Gasteiger partial charge is 0 e. The van der Waals surface area contributed by atoms with Crippen LogP contribution in [-0.2, 0) is 27.1 Å². The summed E-state index contributed by atoms with van der Waals surface area (Å²) in [6.45, 7) is 0. The first-order valence-electron chi connectivity index (χ1n) is 0.204. The predicted octanol–water partition coefficient (Wildman–Crippen LogP) is -1.04. The second-order valence-corrected chi connectivity index (χ2v) is 0. The minimum atomic E-state index is 0. The van der Waals surface area contributed by atoms with Crippen LogP contribution in [0.15, 0.2) is 0 Å². The second kappa shape index (κ2) is 15.9. The molecule has 0 radical (unpaired) electrons. The zero-order valence-electron chi connectivity index (χ0n) is 1.41. The summed E-state index contributed by atoms with van der Waals surface area (Å²) in [5.41, 5.74) is 0. The van der Waals surface area contributed by atoms with Crippen molar-refractivity contribution < 1.29 is 66.9 Å². The third-order valence-electron chi connectivity index (χ3n) is 0. The van der Waals surface area contributed by atoms with Gasteiger partial charge < -0.3 is 0 Å².